The molecule has 2 aliphatic heterocycles. The van der Waals surface area contributed by atoms with Gasteiger partial charge in [-0.05, 0) is 36.1 Å². The van der Waals surface area contributed by atoms with Gasteiger partial charge in [-0.15, -0.1) is 0 Å². The molecule has 0 fully saturated rings. The van der Waals surface area contributed by atoms with Crippen molar-refractivity contribution in [1.82, 2.24) is 20.1 Å². The first kappa shape index (κ1) is 22.2. The van der Waals surface area contributed by atoms with E-state index in [1.54, 1.807) is 17.2 Å². The van der Waals surface area contributed by atoms with E-state index in [0.29, 0.717) is 39.1 Å². The monoisotopic (exact) mass is 440 g/mol. The molecule has 2 N–H and O–H groups in total. The maximum atomic E-state index is 14.0. The molecular weight excluding hydrogens is 411 g/mol. The Morgan fingerprint density at radius 3 is 2.94 bits per heavy atom. The molecule has 0 unspecified atom stereocenters. The molecular formula is C24H29FN4O3. The maximum Gasteiger partial charge on any atom is 0.318 e. The number of nitrogens with zero attached hydrogens (tertiary/aromatic N) is 3. The van der Waals surface area contributed by atoms with Gasteiger partial charge in [-0.1, -0.05) is 24.3 Å². The fourth-order valence-electron chi connectivity index (χ4n) is 4.28. The Morgan fingerprint density at radius 1 is 1.31 bits per heavy atom. The summed E-state index contributed by atoms with van der Waals surface area (Å²) in [6.07, 6.45) is 4.51. The minimum absolute atomic E-state index is 0.134. The maximum absolute atomic E-state index is 14.0. The highest BCUT2D eigenvalue weighted by Crippen LogP contribution is 2.32. The third-order valence-corrected chi connectivity index (χ3v) is 6.01. The number of carbonyl (C=O) groups excluding carboxylic acids is 1. The van der Waals surface area contributed by atoms with Crippen LogP contribution in [0.4, 0.5) is 9.18 Å². The number of halogens is 1. The largest absolute Gasteiger partial charge is 0.493 e. The highest BCUT2D eigenvalue weighted by Gasteiger charge is 2.24. The van der Waals surface area contributed by atoms with Crippen LogP contribution < -0.4 is 10.1 Å². The lowest BCUT2D eigenvalue weighted by atomic mass is 9.98. The number of ether oxygens (including phenoxy) is 1. The summed E-state index contributed by atoms with van der Waals surface area (Å²) < 4.78 is 19.2. The lowest BCUT2D eigenvalue weighted by molar-refractivity contribution is 0.110. The molecule has 0 saturated heterocycles. The predicted molar refractivity (Wildman–Crippen MR) is 119 cm³/mol. The molecule has 2 amide bonds. The van der Waals surface area contributed by atoms with Gasteiger partial charge >= 0.3 is 6.03 Å². The minimum Gasteiger partial charge on any atom is -0.493 e. The Balaban J connectivity index is 1.20. The highest BCUT2D eigenvalue weighted by molar-refractivity contribution is 5.75. The second kappa shape index (κ2) is 10.1. The number of hydrogen-bond donors (Lipinski definition) is 2. The second-order valence-corrected chi connectivity index (χ2v) is 8.20. The van der Waals surface area contributed by atoms with Crippen LogP contribution >= 0.6 is 0 Å². The van der Waals surface area contributed by atoms with E-state index in [4.69, 9.17) is 4.74 Å². The molecule has 3 heterocycles. The van der Waals surface area contributed by atoms with E-state index in [1.165, 1.54) is 13.2 Å². The fourth-order valence-corrected chi connectivity index (χ4v) is 4.28. The van der Waals surface area contributed by atoms with Crippen molar-refractivity contribution >= 4 is 11.6 Å². The molecule has 1 atom stereocenters. The lowest BCUT2D eigenvalue weighted by Gasteiger charge is -2.29. The minimum atomic E-state index is -0.536. The van der Waals surface area contributed by atoms with E-state index in [1.807, 2.05) is 18.2 Å². The molecule has 0 saturated carbocycles. The number of aliphatic hydroxyl groups excluding tert-OH is 1. The van der Waals surface area contributed by atoms with Gasteiger partial charge in [-0.25, -0.2) is 9.18 Å². The summed E-state index contributed by atoms with van der Waals surface area (Å²) in [5, 5.41) is 13.3. The molecule has 1 aromatic carbocycles. The number of pyridine rings is 1. The smallest absolute Gasteiger partial charge is 0.318 e. The third-order valence-electron chi connectivity index (χ3n) is 6.01. The van der Waals surface area contributed by atoms with Crippen LogP contribution in [-0.4, -0.2) is 65.3 Å². The molecule has 4 rings (SSSR count). The van der Waals surface area contributed by atoms with Crippen LogP contribution in [0.3, 0.4) is 0 Å². The van der Waals surface area contributed by atoms with Gasteiger partial charge in [0, 0.05) is 44.5 Å². The second-order valence-electron chi connectivity index (χ2n) is 8.20. The SMILES string of the molecule is COc1c(F)cccc1C1=CCN(C[C@H](O)CCNC(=O)N2Cc3cccnc3C2)CC1. The molecule has 0 radical (unpaired) electrons. The number of para-hydroxylation sites is 1. The summed E-state index contributed by atoms with van der Waals surface area (Å²) in [6, 6.07) is 8.69. The van der Waals surface area contributed by atoms with E-state index in [-0.39, 0.29) is 17.6 Å². The zero-order valence-corrected chi connectivity index (χ0v) is 18.3. The van der Waals surface area contributed by atoms with Crippen molar-refractivity contribution in [2.45, 2.75) is 32.0 Å². The van der Waals surface area contributed by atoms with Crippen molar-refractivity contribution in [3.8, 4) is 5.75 Å². The third kappa shape index (κ3) is 5.08. The zero-order chi connectivity index (χ0) is 22.5. The Labute approximate surface area is 187 Å². The van der Waals surface area contributed by atoms with Gasteiger partial charge in [0.2, 0.25) is 0 Å². The van der Waals surface area contributed by atoms with Gasteiger partial charge < -0.3 is 20.1 Å². The van der Waals surface area contributed by atoms with Crippen molar-refractivity contribution < 1.29 is 19.0 Å². The average molecular weight is 441 g/mol. The van der Waals surface area contributed by atoms with E-state index >= 15 is 0 Å². The number of hydrogen-bond acceptors (Lipinski definition) is 5. The van der Waals surface area contributed by atoms with Crippen molar-refractivity contribution in [1.29, 1.82) is 0 Å². The molecule has 0 spiro atoms. The highest BCUT2D eigenvalue weighted by atomic mass is 19.1. The van der Waals surface area contributed by atoms with Gasteiger partial charge in [-0.2, -0.15) is 0 Å². The number of methoxy groups -OCH3 is 1. The molecule has 0 aliphatic carbocycles. The first-order valence-corrected chi connectivity index (χ1v) is 10.9. The number of fused-ring (bicyclic) bond motifs is 1. The first-order valence-electron chi connectivity index (χ1n) is 10.9. The number of nitrogens with one attached hydrogen (secondary N) is 1. The number of rotatable bonds is 7. The van der Waals surface area contributed by atoms with Crippen molar-refractivity contribution in [2.75, 3.05) is 33.3 Å². The van der Waals surface area contributed by atoms with Crippen molar-refractivity contribution in [2.24, 2.45) is 0 Å². The topological polar surface area (TPSA) is 77.9 Å². The van der Waals surface area contributed by atoms with E-state index in [2.05, 4.69) is 21.3 Å². The summed E-state index contributed by atoms with van der Waals surface area (Å²) in [5.41, 5.74) is 3.86. The summed E-state index contributed by atoms with van der Waals surface area (Å²) in [6.45, 7) is 3.47. The van der Waals surface area contributed by atoms with Crippen molar-refractivity contribution in [3.63, 3.8) is 0 Å². The van der Waals surface area contributed by atoms with Crippen LogP contribution in [0.25, 0.3) is 5.57 Å². The van der Waals surface area contributed by atoms with Gasteiger partial charge in [0.1, 0.15) is 0 Å². The van der Waals surface area contributed by atoms with E-state index < -0.39 is 6.10 Å². The number of benzene rings is 1. The number of urea groups is 1. The van der Waals surface area contributed by atoms with Crippen LogP contribution in [-0.2, 0) is 13.1 Å². The zero-order valence-electron chi connectivity index (χ0n) is 18.3. The lowest BCUT2D eigenvalue weighted by Crippen LogP contribution is -2.40. The van der Waals surface area contributed by atoms with Gasteiger partial charge in [0.05, 0.1) is 25.5 Å². The molecule has 2 aromatic rings. The van der Waals surface area contributed by atoms with Gasteiger partial charge in [0.15, 0.2) is 11.6 Å². The van der Waals surface area contributed by atoms with Crippen molar-refractivity contribution in [3.05, 3.63) is 65.2 Å². The average Bonchev–Trinajstić information content (AvgIpc) is 3.24. The van der Waals surface area contributed by atoms with Crippen LogP contribution in [0.1, 0.15) is 29.7 Å². The normalized spacial score (nSPS) is 17.0. The summed E-state index contributed by atoms with van der Waals surface area (Å²) in [7, 11) is 1.48. The van der Waals surface area contributed by atoms with Crippen LogP contribution in [0, 0.1) is 5.82 Å². The molecule has 32 heavy (non-hydrogen) atoms. The van der Waals surface area contributed by atoms with E-state index in [0.717, 1.165) is 35.4 Å². The molecule has 1 aromatic heterocycles. The van der Waals surface area contributed by atoms with E-state index in [9.17, 15) is 14.3 Å². The molecule has 7 nitrogen and oxygen atoms in total. The molecule has 8 heteroatoms. The summed E-state index contributed by atoms with van der Waals surface area (Å²) in [5.74, 6) is -0.0836. The number of carbonyl (C=O) groups is 1. The van der Waals surface area contributed by atoms with Crippen LogP contribution in [0.15, 0.2) is 42.6 Å². The number of aromatic nitrogens is 1. The van der Waals surface area contributed by atoms with Crippen LogP contribution in [0.5, 0.6) is 5.75 Å². The number of aliphatic hydroxyl groups is 1. The van der Waals surface area contributed by atoms with Gasteiger partial charge in [-0.3, -0.25) is 9.88 Å². The summed E-state index contributed by atoms with van der Waals surface area (Å²) in [4.78, 5) is 20.6. The standard InChI is InChI=1S/C24H29FN4O3/c1-32-23-20(5-2-6-21(23)25)17-8-12-28(13-9-17)15-19(30)7-11-27-24(31)29-14-18-4-3-10-26-22(18)16-29/h2-6,8,10,19,30H,7,9,11-16H2,1H3,(H,27,31)/t19-/m1/s1. The Bertz CT molecular complexity index is 972. The summed E-state index contributed by atoms with van der Waals surface area (Å²) >= 11 is 0. The fraction of sp³-hybridized carbons (Fsp3) is 0.417. The number of β-amino-alcohol motifs (C(OH)–C–C–N with tert-alkyl or cyclic N) is 1. The molecule has 0 bridgehead atoms. The van der Waals surface area contributed by atoms with Crippen LogP contribution in [0.2, 0.25) is 0 Å². The number of amides is 2. The Hall–Kier alpha value is -2.97. The first-order chi connectivity index (χ1) is 15.5. The predicted octanol–water partition coefficient (Wildman–Crippen LogP) is 2.79. The molecule has 2 aliphatic rings. The Morgan fingerprint density at radius 2 is 2.19 bits per heavy atom. The van der Waals surface area contributed by atoms with Gasteiger partial charge in [0.25, 0.3) is 0 Å². The molecule has 170 valence electrons. The quantitative estimate of drug-likeness (QED) is 0.692. The Kier molecular flexibility index (Phi) is 7.02.